The van der Waals surface area contributed by atoms with Crippen molar-refractivity contribution in [3.05, 3.63) is 53.1 Å². The molecule has 0 radical (unpaired) electrons. The van der Waals surface area contributed by atoms with E-state index in [4.69, 9.17) is 4.74 Å². The summed E-state index contributed by atoms with van der Waals surface area (Å²) in [6.07, 6.45) is 8.57. The molecule has 0 saturated heterocycles. The number of phenols is 2. The summed E-state index contributed by atoms with van der Waals surface area (Å²) in [7, 11) is 0. The summed E-state index contributed by atoms with van der Waals surface area (Å²) in [5.74, 6) is 1.66. The number of fused-ring (bicyclic) bond motifs is 2. The molecule has 1 aliphatic carbocycles. The largest absolute Gasteiger partial charge is 0.508 e. The fraction of sp³-hybridized carbons (Fsp3) is 0.417. The van der Waals surface area contributed by atoms with Gasteiger partial charge in [-0.15, -0.1) is 0 Å². The topological polar surface area (TPSA) is 49.7 Å². The minimum absolute atomic E-state index is 0.0623. The van der Waals surface area contributed by atoms with Gasteiger partial charge in [-0.25, -0.2) is 0 Å². The zero-order valence-corrected chi connectivity index (χ0v) is 16.3. The highest BCUT2D eigenvalue weighted by Gasteiger charge is 2.50. The monoisotopic (exact) mass is 364 g/mol. The van der Waals surface area contributed by atoms with E-state index in [-0.39, 0.29) is 22.5 Å². The Bertz CT molecular complexity index is 876. The maximum Gasteiger partial charge on any atom is 0.123 e. The van der Waals surface area contributed by atoms with Crippen molar-refractivity contribution in [2.75, 3.05) is 0 Å². The van der Waals surface area contributed by atoms with Crippen LogP contribution in [-0.4, -0.2) is 15.8 Å². The molecule has 1 fully saturated rings. The number of phenolic OH excluding ortho intramolecular Hbond substituents is 2. The van der Waals surface area contributed by atoms with Gasteiger partial charge in [0.05, 0.1) is 0 Å². The van der Waals surface area contributed by atoms with Crippen molar-refractivity contribution < 1.29 is 14.9 Å². The third-order valence-corrected chi connectivity index (χ3v) is 6.42. The summed E-state index contributed by atoms with van der Waals surface area (Å²) < 4.78 is 6.52. The van der Waals surface area contributed by atoms with E-state index in [1.807, 2.05) is 12.2 Å². The molecule has 0 bridgehead atoms. The maximum absolute atomic E-state index is 9.62. The highest BCUT2D eigenvalue weighted by molar-refractivity contribution is 5.71. The lowest BCUT2D eigenvalue weighted by molar-refractivity contribution is -0.0815. The van der Waals surface area contributed by atoms with Crippen molar-refractivity contribution in [2.45, 2.75) is 52.1 Å². The van der Waals surface area contributed by atoms with Crippen LogP contribution < -0.4 is 4.74 Å². The predicted molar refractivity (Wildman–Crippen MR) is 109 cm³/mol. The summed E-state index contributed by atoms with van der Waals surface area (Å²) in [5.41, 5.74) is 3.36. The van der Waals surface area contributed by atoms with Gasteiger partial charge in [-0.3, -0.25) is 0 Å². The van der Waals surface area contributed by atoms with Gasteiger partial charge in [0.15, 0.2) is 0 Å². The molecular weight excluding hydrogens is 336 g/mol. The molecule has 1 heterocycles. The van der Waals surface area contributed by atoms with Crippen LogP contribution in [0, 0.1) is 11.3 Å². The Morgan fingerprint density at radius 1 is 0.926 bits per heavy atom. The van der Waals surface area contributed by atoms with Gasteiger partial charge in [0.1, 0.15) is 22.8 Å². The molecule has 2 atom stereocenters. The molecule has 0 unspecified atom stereocenters. The molecule has 1 aliphatic heterocycles. The van der Waals surface area contributed by atoms with Gasteiger partial charge in [0.25, 0.3) is 0 Å². The fourth-order valence-electron chi connectivity index (χ4n) is 5.02. The summed E-state index contributed by atoms with van der Waals surface area (Å²) >= 11 is 0. The second-order valence-electron chi connectivity index (χ2n) is 9.00. The van der Waals surface area contributed by atoms with E-state index >= 15 is 0 Å². The molecule has 2 N–H and O–H groups in total. The summed E-state index contributed by atoms with van der Waals surface area (Å²) in [4.78, 5) is 0. The second-order valence-corrected chi connectivity index (χ2v) is 9.00. The quantitative estimate of drug-likeness (QED) is 0.663. The average molecular weight is 364 g/mol. The highest BCUT2D eigenvalue weighted by atomic mass is 16.5. The van der Waals surface area contributed by atoms with Crippen LogP contribution >= 0.6 is 0 Å². The van der Waals surface area contributed by atoms with Crippen molar-refractivity contribution >= 4 is 12.2 Å². The number of hydrogen-bond donors (Lipinski definition) is 2. The van der Waals surface area contributed by atoms with Crippen LogP contribution in [0.25, 0.3) is 12.2 Å². The fourth-order valence-corrected chi connectivity index (χ4v) is 5.02. The first-order valence-corrected chi connectivity index (χ1v) is 9.78. The van der Waals surface area contributed by atoms with Crippen LogP contribution in [0.5, 0.6) is 17.2 Å². The van der Waals surface area contributed by atoms with Crippen LogP contribution in [-0.2, 0) is 6.42 Å². The van der Waals surface area contributed by atoms with E-state index in [0.29, 0.717) is 5.92 Å². The molecule has 1 saturated carbocycles. The Morgan fingerprint density at radius 2 is 1.63 bits per heavy atom. The Balaban J connectivity index is 1.62. The van der Waals surface area contributed by atoms with Crippen molar-refractivity contribution in [1.82, 2.24) is 0 Å². The lowest BCUT2D eigenvalue weighted by Crippen LogP contribution is -2.53. The van der Waals surface area contributed by atoms with Gasteiger partial charge in [-0.1, -0.05) is 32.1 Å². The lowest BCUT2D eigenvalue weighted by Gasteiger charge is -2.53. The van der Waals surface area contributed by atoms with E-state index in [1.54, 1.807) is 12.1 Å². The van der Waals surface area contributed by atoms with Gasteiger partial charge >= 0.3 is 0 Å². The third-order valence-electron chi connectivity index (χ3n) is 6.42. The molecule has 0 aromatic heterocycles. The standard InChI is InChI=1S/C24H28O3/c1-23(2)9-4-10-24(3)22(23)14-18-11-16(7-8-21(18)27-24)5-6-17-12-19(25)15-20(26)13-17/h5-8,11-13,15,22,25-26H,4,9-10,14H2,1-3H3/b6-5+/t22-,24+/m0/s1. The molecule has 0 spiro atoms. The van der Waals surface area contributed by atoms with Crippen molar-refractivity contribution in [3.8, 4) is 17.2 Å². The number of rotatable bonds is 2. The first-order valence-electron chi connectivity index (χ1n) is 9.78. The van der Waals surface area contributed by atoms with Crippen molar-refractivity contribution in [3.63, 3.8) is 0 Å². The summed E-state index contributed by atoms with van der Waals surface area (Å²) in [6.45, 7) is 7.03. The van der Waals surface area contributed by atoms with Crippen LogP contribution in [0.15, 0.2) is 36.4 Å². The molecule has 2 aliphatic rings. The van der Waals surface area contributed by atoms with E-state index < -0.39 is 0 Å². The Kier molecular flexibility index (Phi) is 4.21. The SMILES string of the molecule is CC1(C)CCC[C@@]2(C)Oc3ccc(/C=C/c4cc(O)cc(O)c4)cc3C[C@@H]12. The van der Waals surface area contributed by atoms with Gasteiger partial charge in [0, 0.05) is 12.0 Å². The molecule has 2 aromatic carbocycles. The number of ether oxygens (including phenoxy) is 1. The zero-order chi connectivity index (χ0) is 19.2. The first kappa shape index (κ1) is 18.0. The molecule has 142 valence electrons. The summed E-state index contributed by atoms with van der Waals surface area (Å²) in [6, 6.07) is 10.9. The molecule has 4 rings (SSSR count). The molecule has 3 heteroatoms. The summed E-state index contributed by atoms with van der Waals surface area (Å²) in [5, 5.41) is 19.2. The third kappa shape index (κ3) is 3.43. The zero-order valence-electron chi connectivity index (χ0n) is 16.3. The Morgan fingerprint density at radius 3 is 2.37 bits per heavy atom. The second kappa shape index (κ2) is 6.33. The molecule has 3 nitrogen and oxygen atoms in total. The number of aromatic hydroxyl groups is 2. The van der Waals surface area contributed by atoms with E-state index in [9.17, 15) is 10.2 Å². The van der Waals surface area contributed by atoms with E-state index in [0.717, 1.165) is 29.7 Å². The Hall–Kier alpha value is -2.42. The maximum atomic E-state index is 9.62. The van der Waals surface area contributed by atoms with Gasteiger partial charge < -0.3 is 14.9 Å². The highest BCUT2D eigenvalue weighted by Crippen LogP contribution is 2.52. The first-order chi connectivity index (χ1) is 12.7. The minimum atomic E-state index is -0.0643. The number of benzene rings is 2. The van der Waals surface area contributed by atoms with Gasteiger partial charge in [0.2, 0.25) is 0 Å². The molecule has 0 amide bonds. The van der Waals surface area contributed by atoms with Crippen LogP contribution in [0.4, 0.5) is 0 Å². The smallest absolute Gasteiger partial charge is 0.123 e. The average Bonchev–Trinajstić information content (AvgIpc) is 2.57. The van der Waals surface area contributed by atoms with E-state index in [1.165, 1.54) is 24.5 Å². The normalized spacial score (nSPS) is 26.3. The molecule has 2 aromatic rings. The minimum Gasteiger partial charge on any atom is -0.508 e. The van der Waals surface area contributed by atoms with Crippen molar-refractivity contribution in [1.29, 1.82) is 0 Å². The number of hydrogen-bond acceptors (Lipinski definition) is 3. The van der Waals surface area contributed by atoms with Crippen LogP contribution in [0.3, 0.4) is 0 Å². The van der Waals surface area contributed by atoms with Crippen molar-refractivity contribution in [2.24, 2.45) is 11.3 Å². The van der Waals surface area contributed by atoms with Crippen LogP contribution in [0.2, 0.25) is 0 Å². The Labute approximate surface area is 161 Å². The molecular formula is C24H28O3. The van der Waals surface area contributed by atoms with E-state index in [2.05, 4.69) is 39.0 Å². The van der Waals surface area contributed by atoms with Gasteiger partial charge in [-0.05, 0) is 79.0 Å². The lowest BCUT2D eigenvalue weighted by atomic mass is 9.59. The van der Waals surface area contributed by atoms with Gasteiger partial charge in [-0.2, -0.15) is 0 Å². The van der Waals surface area contributed by atoms with Crippen LogP contribution in [0.1, 0.15) is 56.7 Å². The predicted octanol–water partition coefficient (Wildman–Crippen LogP) is 5.79. The molecule has 27 heavy (non-hydrogen) atoms.